The Morgan fingerprint density at radius 1 is 1.12 bits per heavy atom. The lowest BCUT2D eigenvalue weighted by Crippen LogP contribution is -2.45. The molecule has 4 rings (SSSR count). The zero-order valence-electron chi connectivity index (χ0n) is 17.0. The summed E-state index contributed by atoms with van der Waals surface area (Å²) in [6.45, 7) is -0.469. The molecular formula is C21H14BrCl2N5O5. The molecule has 4 aromatic rings. The lowest BCUT2D eigenvalue weighted by molar-refractivity contribution is -0.122. The van der Waals surface area contributed by atoms with E-state index < -0.39 is 29.7 Å². The maximum Gasteiger partial charge on any atom is 0.349 e. The maximum atomic E-state index is 12.4. The number of fused-ring (bicyclic) bond motifs is 1. The van der Waals surface area contributed by atoms with Crippen molar-refractivity contribution >= 4 is 61.9 Å². The van der Waals surface area contributed by atoms with Crippen LogP contribution in [0.25, 0.3) is 11.0 Å². The summed E-state index contributed by atoms with van der Waals surface area (Å²) >= 11 is 15.4. The van der Waals surface area contributed by atoms with Gasteiger partial charge in [-0.2, -0.15) is 5.10 Å². The molecule has 0 bridgehead atoms. The van der Waals surface area contributed by atoms with Gasteiger partial charge in [-0.15, -0.1) is 0 Å². The van der Waals surface area contributed by atoms with E-state index in [0.717, 1.165) is 14.7 Å². The fourth-order valence-electron chi connectivity index (χ4n) is 3.10. The Hall–Kier alpha value is -3.41. The number of amides is 2. The van der Waals surface area contributed by atoms with Gasteiger partial charge >= 0.3 is 11.3 Å². The molecule has 10 nitrogen and oxygen atoms in total. The highest BCUT2D eigenvalue weighted by molar-refractivity contribution is 9.10. The molecular weight excluding hydrogens is 553 g/mol. The number of H-pyrrole nitrogens is 1. The van der Waals surface area contributed by atoms with E-state index in [-0.39, 0.29) is 21.2 Å². The zero-order chi connectivity index (χ0) is 24.4. The quantitative estimate of drug-likeness (QED) is 0.251. The molecule has 0 spiro atoms. The van der Waals surface area contributed by atoms with Crippen LogP contribution in [0.15, 0.2) is 60.9 Å². The normalized spacial score (nSPS) is 10.9. The van der Waals surface area contributed by atoms with Crippen molar-refractivity contribution in [2.45, 2.75) is 13.0 Å². The topological polar surface area (TPSA) is 139 Å². The molecule has 174 valence electrons. The van der Waals surface area contributed by atoms with Crippen LogP contribution in [0.5, 0.6) is 0 Å². The van der Waals surface area contributed by atoms with E-state index in [1.54, 1.807) is 0 Å². The Labute approximate surface area is 209 Å². The predicted molar refractivity (Wildman–Crippen MR) is 128 cm³/mol. The number of aromatic nitrogens is 3. The Morgan fingerprint density at radius 2 is 1.88 bits per heavy atom. The van der Waals surface area contributed by atoms with Crippen LogP contribution in [0.3, 0.4) is 0 Å². The van der Waals surface area contributed by atoms with Gasteiger partial charge in [-0.05, 0) is 29.8 Å². The first-order valence-corrected chi connectivity index (χ1v) is 11.2. The molecule has 0 atom stereocenters. The molecule has 0 aliphatic rings. The number of hydrogen-bond acceptors (Lipinski definition) is 6. The Balaban J connectivity index is 1.42. The Morgan fingerprint density at radius 3 is 2.65 bits per heavy atom. The van der Waals surface area contributed by atoms with Gasteiger partial charge in [-0.3, -0.25) is 25.4 Å². The molecule has 34 heavy (non-hydrogen) atoms. The molecule has 2 heterocycles. The number of rotatable bonds is 5. The summed E-state index contributed by atoms with van der Waals surface area (Å²) in [4.78, 5) is 51.5. The van der Waals surface area contributed by atoms with E-state index in [4.69, 9.17) is 27.6 Å². The molecule has 2 aromatic heterocycles. The van der Waals surface area contributed by atoms with E-state index >= 15 is 0 Å². The standard InChI is InChI=1S/C21H14BrCl2N5O5/c22-14-4-2-1-3-10(14)7-16-25-21(33)29(28-16)9-17(30)26-27-19(31)13-6-11-5-12(23)8-15(24)18(11)34-20(13)32/h1-6,8H,7,9H2,(H,26,30)(H,27,31)(H,25,28,33). The minimum atomic E-state index is -0.955. The number of benzene rings is 2. The third-order valence-corrected chi connectivity index (χ3v) is 5.92. The molecule has 2 amide bonds. The van der Waals surface area contributed by atoms with E-state index in [0.29, 0.717) is 17.6 Å². The third-order valence-electron chi connectivity index (χ3n) is 4.65. The number of nitrogens with zero attached hydrogens (tertiary/aromatic N) is 2. The maximum absolute atomic E-state index is 12.4. The van der Waals surface area contributed by atoms with Crippen molar-refractivity contribution in [3.8, 4) is 0 Å². The van der Waals surface area contributed by atoms with Crippen LogP contribution in [0.1, 0.15) is 21.7 Å². The fourth-order valence-corrected chi connectivity index (χ4v) is 4.07. The lowest BCUT2D eigenvalue weighted by Gasteiger charge is -2.07. The van der Waals surface area contributed by atoms with E-state index in [9.17, 15) is 19.2 Å². The molecule has 0 aliphatic carbocycles. The van der Waals surface area contributed by atoms with Crippen LogP contribution in [-0.2, 0) is 17.8 Å². The molecule has 0 saturated heterocycles. The first kappa shape index (κ1) is 23.7. The van der Waals surface area contributed by atoms with Gasteiger partial charge in [0.1, 0.15) is 17.9 Å². The van der Waals surface area contributed by atoms with Gasteiger partial charge in [-0.25, -0.2) is 14.3 Å². The highest BCUT2D eigenvalue weighted by Crippen LogP contribution is 2.27. The smallest absolute Gasteiger partial charge is 0.349 e. The number of carbonyl (C=O) groups is 2. The van der Waals surface area contributed by atoms with Crippen LogP contribution < -0.4 is 22.2 Å². The van der Waals surface area contributed by atoms with Gasteiger partial charge < -0.3 is 4.42 Å². The number of hydrogen-bond donors (Lipinski definition) is 3. The largest absolute Gasteiger partial charge is 0.421 e. The molecule has 2 aromatic carbocycles. The molecule has 0 saturated carbocycles. The van der Waals surface area contributed by atoms with Crippen molar-refractivity contribution in [1.82, 2.24) is 25.6 Å². The average Bonchev–Trinajstić information content (AvgIpc) is 3.12. The number of carbonyl (C=O) groups excluding carboxylic acids is 2. The summed E-state index contributed by atoms with van der Waals surface area (Å²) in [6, 6.07) is 11.6. The van der Waals surface area contributed by atoms with Crippen molar-refractivity contribution in [1.29, 1.82) is 0 Å². The fraction of sp³-hybridized carbons (Fsp3) is 0.0952. The second-order valence-corrected chi connectivity index (χ2v) is 8.76. The lowest BCUT2D eigenvalue weighted by atomic mass is 10.1. The summed E-state index contributed by atoms with van der Waals surface area (Å²) in [7, 11) is 0. The summed E-state index contributed by atoms with van der Waals surface area (Å²) < 4.78 is 6.87. The zero-order valence-corrected chi connectivity index (χ0v) is 20.1. The Kier molecular flexibility index (Phi) is 6.87. The van der Waals surface area contributed by atoms with Crippen molar-refractivity contribution in [3.05, 3.63) is 94.8 Å². The number of hydrazine groups is 1. The molecule has 3 N–H and O–H groups in total. The van der Waals surface area contributed by atoms with Crippen molar-refractivity contribution < 1.29 is 14.0 Å². The van der Waals surface area contributed by atoms with Crippen LogP contribution >= 0.6 is 39.1 Å². The molecule has 0 fully saturated rings. The monoisotopic (exact) mass is 565 g/mol. The second-order valence-electron chi connectivity index (χ2n) is 7.06. The summed E-state index contributed by atoms with van der Waals surface area (Å²) in [5, 5.41) is 4.83. The van der Waals surface area contributed by atoms with Crippen LogP contribution in [-0.4, -0.2) is 26.6 Å². The number of nitrogens with one attached hydrogen (secondary N) is 3. The minimum Gasteiger partial charge on any atom is -0.421 e. The molecule has 0 radical (unpaired) electrons. The van der Waals surface area contributed by atoms with Crippen LogP contribution in [0, 0.1) is 0 Å². The van der Waals surface area contributed by atoms with Crippen LogP contribution in [0.4, 0.5) is 0 Å². The van der Waals surface area contributed by atoms with Gasteiger partial charge in [0.2, 0.25) is 0 Å². The number of aromatic amines is 1. The second kappa shape index (κ2) is 9.84. The van der Waals surface area contributed by atoms with Gasteiger partial charge in [0.05, 0.1) is 5.02 Å². The van der Waals surface area contributed by atoms with Gasteiger partial charge in [-0.1, -0.05) is 57.3 Å². The van der Waals surface area contributed by atoms with Crippen molar-refractivity contribution in [2.75, 3.05) is 0 Å². The minimum absolute atomic E-state index is 0.0768. The van der Waals surface area contributed by atoms with E-state index in [1.165, 1.54) is 18.2 Å². The Bertz CT molecular complexity index is 1540. The molecule has 0 aliphatic heterocycles. The van der Waals surface area contributed by atoms with Crippen LogP contribution in [0.2, 0.25) is 10.0 Å². The summed E-state index contributed by atoms with van der Waals surface area (Å²) in [5.74, 6) is -1.31. The highest BCUT2D eigenvalue weighted by atomic mass is 79.9. The molecule has 13 heteroatoms. The SMILES string of the molecule is O=C(Cn1nc(Cc2ccccc2Br)[nH]c1=O)NNC(=O)c1cc2cc(Cl)cc(Cl)c2oc1=O. The summed E-state index contributed by atoms with van der Waals surface area (Å²) in [5.41, 5.74) is 3.29. The molecule has 0 unspecified atom stereocenters. The van der Waals surface area contributed by atoms with E-state index in [2.05, 4.69) is 36.9 Å². The first-order valence-electron chi connectivity index (χ1n) is 9.63. The third kappa shape index (κ3) is 5.22. The van der Waals surface area contributed by atoms with Gasteiger partial charge in [0.15, 0.2) is 5.58 Å². The van der Waals surface area contributed by atoms with Crippen molar-refractivity contribution in [2.24, 2.45) is 0 Å². The highest BCUT2D eigenvalue weighted by Gasteiger charge is 2.17. The van der Waals surface area contributed by atoms with Crippen molar-refractivity contribution in [3.63, 3.8) is 0 Å². The average molecular weight is 567 g/mol. The van der Waals surface area contributed by atoms with Gasteiger partial charge in [0.25, 0.3) is 11.8 Å². The van der Waals surface area contributed by atoms with E-state index in [1.807, 2.05) is 24.3 Å². The summed E-state index contributed by atoms with van der Waals surface area (Å²) in [6.07, 6.45) is 0.341. The first-order chi connectivity index (χ1) is 16.2. The predicted octanol–water partition coefficient (Wildman–Crippen LogP) is 2.80. The van der Waals surface area contributed by atoms with Gasteiger partial charge in [0, 0.05) is 21.3 Å². The number of halogens is 3.